The van der Waals surface area contributed by atoms with Crippen molar-refractivity contribution in [2.45, 2.75) is 69.8 Å². The van der Waals surface area contributed by atoms with Gasteiger partial charge in [-0.2, -0.15) is 0 Å². The Morgan fingerprint density at radius 3 is 1.98 bits per heavy atom. The second-order valence-corrected chi connectivity index (χ2v) is 25.2. The van der Waals surface area contributed by atoms with E-state index in [0.717, 1.165) is 20.2 Å². The zero-order valence-electron chi connectivity index (χ0n) is 28.6. The van der Waals surface area contributed by atoms with Gasteiger partial charge in [0.05, 0.1) is 28.7 Å². The van der Waals surface area contributed by atoms with Gasteiger partial charge in [-0.15, -0.1) is 6.58 Å². The van der Waals surface area contributed by atoms with E-state index < -0.39 is 50.0 Å². The lowest BCUT2D eigenvalue weighted by atomic mass is 9.65. The van der Waals surface area contributed by atoms with Gasteiger partial charge < -0.3 is 8.85 Å². The lowest BCUT2D eigenvalue weighted by Crippen LogP contribution is -2.71. The van der Waals surface area contributed by atoms with Crippen molar-refractivity contribution in [2.24, 2.45) is 11.3 Å². The SMILES string of the molecule is C=CC[C@@]12C=CC(O[Si](C)(C)C)=C[C@@H]1[C@@H](O[Si](c1ccccc1)(c1ccccc1)C(C)(C)C)CN(S(=O)(=O)c1ccc(C)cc1)C2=O. The Bertz CT molecular complexity index is 1740. The van der Waals surface area contributed by atoms with Gasteiger partial charge in [0, 0.05) is 5.92 Å². The number of hydrogen-bond acceptors (Lipinski definition) is 5. The van der Waals surface area contributed by atoms with Crippen LogP contribution in [0.4, 0.5) is 0 Å². The lowest BCUT2D eigenvalue weighted by molar-refractivity contribution is -0.145. The molecule has 0 spiro atoms. The van der Waals surface area contributed by atoms with Crippen LogP contribution in [0.5, 0.6) is 0 Å². The molecule has 47 heavy (non-hydrogen) atoms. The Hall–Kier alpha value is -3.51. The van der Waals surface area contributed by atoms with E-state index in [9.17, 15) is 13.2 Å². The van der Waals surface area contributed by atoms with Gasteiger partial charge in [0.2, 0.25) is 14.2 Å². The van der Waals surface area contributed by atoms with Crippen LogP contribution < -0.4 is 10.4 Å². The topological polar surface area (TPSA) is 72.9 Å². The van der Waals surface area contributed by atoms with E-state index in [1.165, 1.54) is 0 Å². The molecule has 3 atom stereocenters. The van der Waals surface area contributed by atoms with Gasteiger partial charge >= 0.3 is 0 Å². The molecule has 0 unspecified atom stereocenters. The molecule has 1 aliphatic carbocycles. The highest BCUT2D eigenvalue weighted by Crippen LogP contribution is 2.50. The predicted octanol–water partition coefficient (Wildman–Crippen LogP) is 6.96. The lowest BCUT2D eigenvalue weighted by Gasteiger charge is -2.53. The van der Waals surface area contributed by atoms with Crippen molar-refractivity contribution in [3.05, 3.63) is 127 Å². The summed E-state index contributed by atoms with van der Waals surface area (Å²) in [6.07, 6.45) is 6.94. The Kier molecular flexibility index (Phi) is 9.51. The summed E-state index contributed by atoms with van der Waals surface area (Å²) in [5.74, 6) is -0.298. The number of aryl methyl sites for hydroxylation is 1. The third-order valence-electron chi connectivity index (χ3n) is 9.11. The molecule has 0 saturated carbocycles. The molecular formula is C38H47NO5SSi2. The molecule has 1 amide bonds. The summed E-state index contributed by atoms with van der Waals surface area (Å²) in [5, 5.41) is 1.78. The van der Waals surface area contributed by atoms with Crippen LogP contribution in [-0.2, 0) is 23.7 Å². The highest BCUT2D eigenvalue weighted by atomic mass is 32.2. The number of fused-ring (bicyclic) bond motifs is 1. The maximum Gasteiger partial charge on any atom is 0.266 e. The second-order valence-electron chi connectivity index (χ2n) is 14.6. The van der Waals surface area contributed by atoms with Crippen LogP contribution in [0.15, 0.2) is 126 Å². The van der Waals surface area contributed by atoms with Gasteiger partial charge in [-0.05, 0) is 72.7 Å². The number of carbonyl (C=O) groups excluding carboxylic acids is 1. The maximum absolute atomic E-state index is 14.7. The van der Waals surface area contributed by atoms with E-state index in [0.29, 0.717) is 5.76 Å². The molecule has 0 aromatic heterocycles. The zero-order valence-corrected chi connectivity index (χ0v) is 31.4. The fraction of sp³-hybridized carbons (Fsp3) is 0.342. The number of rotatable bonds is 10. The molecule has 0 N–H and O–H groups in total. The normalized spacial score (nSPS) is 22.0. The number of sulfonamides is 1. The summed E-state index contributed by atoms with van der Waals surface area (Å²) >= 11 is 0. The maximum atomic E-state index is 14.7. The van der Waals surface area contributed by atoms with Crippen LogP contribution >= 0.6 is 0 Å². The molecular weight excluding hydrogens is 639 g/mol. The Balaban J connectivity index is 1.76. The summed E-state index contributed by atoms with van der Waals surface area (Å²) in [6, 6.07) is 27.2. The molecule has 3 aromatic carbocycles. The monoisotopic (exact) mass is 685 g/mol. The highest BCUT2D eigenvalue weighted by molar-refractivity contribution is 7.89. The van der Waals surface area contributed by atoms with Crippen LogP contribution in [-0.4, -0.2) is 47.9 Å². The van der Waals surface area contributed by atoms with Crippen molar-refractivity contribution in [3.63, 3.8) is 0 Å². The first kappa shape index (κ1) is 34.8. The quantitative estimate of drug-likeness (QED) is 0.171. The first-order chi connectivity index (χ1) is 22.0. The standard InChI is InChI=1S/C38H47NO5SSi2/c1-9-25-38-26-24-30(43-46(6,7)8)27-34(38)35(28-39(36(38)40)45(41,42)31-22-20-29(2)21-23-31)44-47(37(3,4)5,32-16-12-10-13-17-32)33-18-14-11-15-19-33/h9-24,26-27,34-35H,1,25,28H2,2-8H3/t34-,35+,38-/m1/s1. The molecule has 1 heterocycles. The minimum Gasteiger partial charge on any atom is -0.545 e. The number of piperidine rings is 1. The largest absolute Gasteiger partial charge is 0.545 e. The fourth-order valence-electron chi connectivity index (χ4n) is 6.99. The van der Waals surface area contributed by atoms with Crippen LogP contribution in [0.2, 0.25) is 24.7 Å². The smallest absolute Gasteiger partial charge is 0.266 e. The van der Waals surface area contributed by atoms with Gasteiger partial charge in [-0.25, -0.2) is 12.7 Å². The Morgan fingerprint density at radius 1 is 0.936 bits per heavy atom. The molecule has 5 rings (SSSR count). The van der Waals surface area contributed by atoms with Gasteiger partial charge in [0.25, 0.3) is 18.3 Å². The molecule has 1 aliphatic heterocycles. The first-order valence-electron chi connectivity index (χ1n) is 16.2. The van der Waals surface area contributed by atoms with E-state index in [1.807, 2.05) is 61.5 Å². The van der Waals surface area contributed by atoms with Crippen molar-refractivity contribution in [1.82, 2.24) is 4.31 Å². The molecule has 6 nitrogen and oxygen atoms in total. The van der Waals surface area contributed by atoms with Gasteiger partial charge in [0.1, 0.15) is 0 Å². The minimum atomic E-state index is -4.22. The van der Waals surface area contributed by atoms with E-state index in [4.69, 9.17) is 8.85 Å². The molecule has 3 aromatic rings. The number of nitrogens with zero attached hydrogens (tertiary/aromatic N) is 1. The van der Waals surface area contributed by atoms with E-state index in [2.05, 4.69) is 71.3 Å². The molecule has 9 heteroatoms. The summed E-state index contributed by atoms with van der Waals surface area (Å²) in [4.78, 5) is 14.8. The van der Waals surface area contributed by atoms with Crippen LogP contribution in [0.25, 0.3) is 0 Å². The average molecular weight is 686 g/mol. The highest BCUT2D eigenvalue weighted by Gasteiger charge is 2.60. The number of amides is 1. The minimum absolute atomic E-state index is 0.0749. The van der Waals surface area contributed by atoms with Crippen molar-refractivity contribution < 1.29 is 22.1 Å². The fourth-order valence-corrected chi connectivity index (χ4v) is 14.0. The molecule has 0 bridgehead atoms. The van der Waals surface area contributed by atoms with E-state index in [-0.39, 0.29) is 22.9 Å². The summed E-state index contributed by atoms with van der Waals surface area (Å²) in [7, 11) is -9.42. The van der Waals surface area contributed by atoms with Crippen molar-refractivity contribution in [2.75, 3.05) is 6.54 Å². The Labute approximate surface area is 283 Å². The predicted molar refractivity (Wildman–Crippen MR) is 195 cm³/mol. The third kappa shape index (κ3) is 6.51. The molecule has 0 radical (unpaired) electrons. The van der Waals surface area contributed by atoms with Crippen LogP contribution in [0.1, 0.15) is 32.8 Å². The van der Waals surface area contributed by atoms with E-state index >= 15 is 0 Å². The third-order valence-corrected chi connectivity index (χ3v) is 16.8. The summed E-state index contributed by atoms with van der Waals surface area (Å²) in [5.41, 5.74) is -0.305. The molecule has 1 fully saturated rings. The van der Waals surface area contributed by atoms with Crippen molar-refractivity contribution >= 4 is 42.9 Å². The molecule has 2 aliphatic rings. The summed E-state index contributed by atoms with van der Waals surface area (Å²) < 4.78 is 44.0. The first-order valence-corrected chi connectivity index (χ1v) is 22.9. The average Bonchev–Trinajstić information content (AvgIpc) is 3.01. The number of allylic oxidation sites excluding steroid dienone is 2. The van der Waals surface area contributed by atoms with Crippen LogP contribution in [0, 0.1) is 18.3 Å². The molecule has 1 saturated heterocycles. The van der Waals surface area contributed by atoms with Crippen molar-refractivity contribution in [1.29, 1.82) is 0 Å². The van der Waals surface area contributed by atoms with Gasteiger partial charge in [-0.1, -0.05) is 111 Å². The van der Waals surface area contributed by atoms with Crippen LogP contribution in [0.3, 0.4) is 0 Å². The number of carbonyl (C=O) groups is 1. The number of hydrogen-bond donors (Lipinski definition) is 0. The summed E-state index contributed by atoms with van der Waals surface area (Å²) in [6.45, 7) is 18.7. The Morgan fingerprint density at radius 2 is 1.49 bits per heavy atom. The van der Waals surface area contributed by atoms with Crippen molar-refractivity contribution in [3.8, 4) is 0 Å². The van der Waals surface area contributed by atoms with Gasteiger partial charge in [0.15, 0.2) is 0 Å². The van der Waals surface area contributed by atoms with E-state index in [1.54, 1.807) is 30.3 Å². The number of benzene rings is 3. The second kappa shape index (κ2) is 12.8. The molecule has 248 valence electrons. The van der Waals surface area contributed by atoms with Gasteiger partial charge in [-0.3, -0.25) is 4.79 Å². The zero-order chi connectivity index (χ0) is 34.3.